The second-order valence-corrected chi connectivity index (χ2v) is 5.19. The van der Waals surface area contributed by atoms with E-state index in [0.717, 1.165) is 5.56 Å². The molecule has 0 fully saturated rings. The van der Waals surface area contributed by atoms with E-state index < -0.39 is 0 Å². The first-order chi connectivity index (χ1) is 9.56. The molecule has 3 nitrogen and oxygen atoms in total. The molecule has 104 valence electrons. The maximum absolute atomic E-state index is 12.1. The van der Waals surface area contributed by atoms with Gasteiger partial charge in [-0.25, -0.2) is 0 Å². The molecule has 0 saturated heterocycles. The molecule has 0 unspecified atom stereocenters. The molecular formula is C17H20N2O. The van der Waals surface area contributed by atoms with Crippen molar-refractivity contribution < 1.29 is 4.79 Å². The highest BCUT2D eigenvalue weighted by atomic mass is 16.1. The molecule has 0 aliphatic rings. The van der Waals surface area contributed by atoms with Gasteiger partial charge in [0.1, 0.15) is 0 Å². The lowest BCUT2D eigenvalue weighted by atomic mass is 10.00. The fourth-order valence-corrected chi connectivity index (χ4v) is 2.28. The number of aryl methyl sites for hydroxylation is 2. The zero-order chi connectivity index (χ0) is 14.5. The van der Waals surface area contributed by atoms with Crippen molar-refractivity contribution in [1.82, 2.24) is 10.3 Å². The summed E-state index contributed by atoms with van der Waals surface area (Å²) in [6, 6.07) is 10.1. The smallest absolute Gasteiger partial charge is 0.224 e. The number of hydrogen-bond donors (Lipinski definition) is 1. The highest BCUT2D eigenvalue weighted by Crippen LogP contribution is 2.18. The first kappa shape index (κ1) is 14.3. The third-order valence-corrected chi connectivity index (χ3v) is 3.37. The zero-order valence-electron chi connectivity index (χ0n) is 12.2. The van der Waals surface area contributed by atoms with Crippen molar-refractivity contribution in [3.63, 3.8) is 0 Å². The average Bonchev–Trinajstić information content (AvgIpc) is 2.42. The normalized spacial score (nSPS) is 11.9. The van der Waals surface area contributed by atoms with Crippen molar-refractivity contribution >= 4 is 5.91 Å². The molecule has 0 bridgehead atoms. The number of nitrogens with one attached hydrogen (secondary N) is 1. The first-order valence-corrected chi connectivity index (χ1v) is 6.81. The first-order valence-electron chi connectivity index (χ1n) is 6.81. The van der Waals surface area contributed by atoms with Crippen LogP contribution in [0.25, 0.3) is 0 Å². The highest BCUT2D eigenvalue weighted by Gasteiger charge is 2.12. The van der Waals surface area contributed by atoms with Crippen LogP contribution in [-0.2, 0) is 11.2 Å². The van der Waals surface area contributed by atoms with E-state index in [9.17, 15) is 4.79 Å². The van der Waals surface area contributed by atoms with Crippen LogP contribution in [0.2, 0.25) is 0 Å². The summed E-state index contributed by atoms with van der Waals surface area (Å²) in [5.74, 6) is 0.0198. The number of amides is 1. The van der Waals surface area contributed by atoms with Crippen LogP contribution >= 0.6 is 0 Å². The molecule has 0 aliphatic carbocycles. The number of benzene rings is 1. The number of hydrogen-bond acceptors (Lipinski definition) is 2. The summed E-state index contributed by atoms with van der Waals surface area (Å²) in [4.78, 5) is 16.1. The van der Waals surface area contributed by atoms with Gasteiger partial charge in [-0.1, -0.05) is 29.8 Å². The molecule has 2 rings (SSSR count). The van der Waals surface area contributed by atoms with E-state index in [4.69, 9.17) is 0 Å². The topological polar surface area (TPSA) is 42.0 Å². The fraction of sp³-hybridized carbons (Fsp3) is 0.294. The summed E-state index contributed by atoms with van der Waals surface area (Å²) in [6.07, 6.45) is 3.80. The van der Waals surface area contributed by atoms with Gasteiger partial charge in [0.25, 0.3) is 0 Å². The van der Waals surface area contributed by atoms with Gasteiger partial charge in [-0.15, -0.1) is 0 Å². The van der Waals surface area contributed by atoms with Gasteiger partial charge in [0, 0.05) is 12.4 Å². The third-order valence-electron chi connectivity index (χ3n) is 3.37. The molecule has 1 aromatic heterocycles. The lowest BCUT2D eigenvalue weighted by molar-refractivity contribution is -0.121. The van der Waals surface area contributed by atoms with Crippen LogP contribution in [0.4, 0.5) is 0 Å². The molecule has 20 heavy (non-hydrogen) atoms. The van der Waals surface area contributed by atoms with E-state index in [1.807, 2.05) is 19.1 Å². The molecule has 3 heteroatoms. The van der Waals surface area contributed by atoms with Gasteiger partial charge in [0.2, 0.25) is 5.91 Å². The average molecular weight is 268 g/mol. The van der Waals surface area contributed by atoms with Gasteiger partial charge in [-0.05, 0) is 43.5 Å². The van der Waals surface area contributed by atoms with E-state index >= 15 is 0 Å². The van der Waals surface area contributed by atoms with Crippen molar-refractivity contribution in [2.75, 3.05) is 0 Å². The Hall–Kier alpha value is -2.16. The van der Waals surface area contributed by atoms with E-state index in [2.05, 4.69) is 42.3 Å². The van der Waals surface area contributed by atoms with Crippen LogP contribution in [-0.4, -0.2) is 10.9 Å². The summed E-state index contributed by atoms with van der Waals surface area (Å²) >= 11 is 0. The molecule has 2 aromatic rings. The monoisotopic (exact) mass is 268 g/mol. The maximum Gasteiger partial charge on any atom is 0.224 e. The number of rotatable bonds is 4. The van der Waals surface area contributed by atoms with Crippen LogP contribution in [0.1, 0.15) is 35.2 Å². The summed E-state index contributed by atoms with van der Waals surface area (Å²) in [5, 5.41) is 3.05. The second kappa shape index (κ2) is 6.33. The predicted molar refractivity (Wildman–Crippen MR) is 80.4 cm³/mol. The Kier molecular flexibility index (Phi) is 4.51. The van der Waals surface area contributed by atoms with Crippen molar-refractivity contribution in [2.24, 2.45) is 0 Å². The van der Waals surface area contributed by atoms with Crippen LogP contribution in [0.5, 0.6) is 0 Å². The maximum atomic E-state index is 12.1. The number of pyridine rings is 1. The largest absolute Gasteiger partial charge is 0.349 e. The zero-order valence-corrected chi connectivity index (χ0v) is 12.2. The Balaban J connectivity index is 2.02. The number of carbonyl (C=O) groups excluding carboxylic acids is 1. The molecule has 0 aliphatic heterocycles. The molecule has 1 atom stereocenters. The molecule has 1 N–H and O–H groups in total. The van der Waals surface area contributed by atoms with Crippen molar-refractivity contribution in [3.8, 4) is 0 Å². The molecular weight excluding hydrogens is 248 g/mol. The van der Waals surface area contributed by atoms with E-state index in [1.54, 1.807) is 12.4 Å². The van der Waals surface area contributed by atoms with E-state index in [1.165, 1.54) is 16.7 Å². The number of carbonyl (C=O) groups is 1. The summed E-state index contributed by atoms with van der Waals surface area (Å²) in [5.41, 5.74) is 4.51. The minimum atomic E-state index is 0.0130. The van der Waals surface area contributed by atoms with Crippen LogP contribution in [0.15, 0.2) is 42.7 Å². The molecule has 0 radical (unpaired) electrons. The quantitative estimate of drug-likeness (QED) is 0.925. The number of nitrogens with zero attached hydrogens (tertiary/aromatic N) is 1. The molecule has 0 saturated carbocycles. The Labute approximate surface area is 120 Å². The van der Waals surface area contributed by atoms with Crippen LogP contribution in [0.3, 0.4) is 0 Å². The lowest BCUT2D eigenvalue weighted by Crippen LogP contribution is -2.28. The van der Waals surface area contributed by atoms with Gasteiger partial charge >= 0.3 is 0 Å². The van der Waals surface area contributed by atoms with Gasteiger partial charge < -0.3 is 5.32 Å². The molecule has 1 aromatic carbocycles. The molecule has 0 spiro atoms. The summed E-state index contributed by atoms with van der Waals surface area (Å²) in [7, 11) is 0. The predicted octanol–water partition coefficient (Wildman–Crippen LogP) is 3.12. The van der Waals surface area contributed by atoms with Crippen molar-refractivity contribution in [3.05, 3.63) is 65.0 Å². The Morgan fingerprint density at radius 1 is 1.30 bits per heavy atom. The fourth-order valence-electron chi connectivity index (χ4n) is 2.28. The third kappa shape index (κ3) is 3.67. The van der Waals surface area contributed by atoms with Gasteiger partial charge in [-0.2, -0.15) is 0 Å². The summed E-state index contributed by atoms with van der Waals surface area (Å²) < 4.78 is 0. The minimum absolute atomic E-state index is 0.0130. The van der Waals surface area contributed by atoms with Gasteiger partial charge in [-0.3, -0.25) is 9.78 Å². The number of aromatic nitrogens is 1. The van der Waals surface area contributed by atoms with E-state index in [-0.39, 0.29) is 11.9 Å². The van der Waals surface area contributed by atoms with E-state index in [0.29, 0.717) is 6.42 Å². The molecule has 1 heterocycles. The minimum Gasteiger partial charge on any atom is -0.349 e. The van der Waals surface area contributed by atoms with Crippen molar-refractivity contribution in [2.45, 2.75) is 33.2 Å². The van der Waals surface area contributed by atoms with Crippen LogP contribution in [0, 0.1) is 13.8 Å². The Bertz CT molecular complexity index is 593. The lowest BCUT2D eigenvalue weighted by Gasteiger charge is -2.17. The van der Waals surface area contributed by atoms with Crippen LogP contribution < -0.4 is 5.32 Å². The highest BCUT2D eigenvalue weighted by molar-refractivity contribution is 5.78. The standard InChI is InChI=1S/C17H20N2O/c1-12-6-7-13(2)16(9-12)14(3)19-17(20)10-15-5-4-8-18-11-15/h4-9,11,14H,10H2,1-3H3,(H,19,20)/t14-/m0/s1. The summed E-state index contributed by atoms with van der Waals surface area (Å²) in [6.45, 7) is 6.15. The Morgan fingerprint density at radius 3 is 2.80 bits per heavy atom. The molecule has 1 amide bonds. The van der Waals surface area contributed by atoms with Gasteiger partial charge in [0.05, 0.1) is 12.5 Å². The van der Waals surface area contributed by atoms with Crippen molar-refractivity contribution in [1.29, 1.82) is 0 Å². The van der Waals surface area contributed by atoms with Gasteiger partial charge in [0.15, 0.2) is 0 Å². The second-order valence-electron chi connectivity index (χ2n) is 5.19. The Morgan fingerprint density at radius 2 is 2.10 bits per heavy atom. The SMILES string of the molecule is Cc1ccc(C)c([C@H](C)NC(=O)Cc2cccnc2)c1.